The molecule has 3 aromatic heterocycles. The van der Waals surface area contributed by atoms with E-state index in [0.717, 1.165) is 55.4 Å². The van der Waals surface area contributed by atoms with Gasteiger partial charge in [0.1, 0.15) is 0 Å². The Balaban J connectivity index is 1.21. The Morgan fingerprint density at radius 1 is 0.327 bits per heavy atom. The zero-order valence-corrected chi connectivity index (χ0v) is 28.3. The number of aromatic nitrogens is 6. The molecule has 5 aromatic carbocycles. The number of fused-ring (bicyclic) bond motifs is 18. The summed E-state index contributed by atoms with van der Waals surface area (Å²) >= 11 is 0. The van der Waals surface area contributed by atoms with Crippen LogP contribution in [0, 0.1) is 0 Å². The Bertz CT molecular complexity index is 2920. The fourth-order valence-corrected chi connectivity index (χ4v) is 7.57. The van der Waals surface area contributed by atoms with E-state index in [1.165, 1.54) is 21.4 Å². The Morgan fingerprint density at radius 2 is 0.654 bits per heavy atom. The number of hydrogen-bond donors (Lipinski definition) is 0. The highest BCUT2D eigenvalue weighted by Crippen LogP contribution is 2.20. The first-order valence-electron chi connectivity index (χ1n) is 17.3. The van der Waals surface area contributed by atoms with Crippen LogP contribution >= 0.6 is 0 Å². The van der Waals surface area contributed by atoms with E-state index in [1.807, 2.05) is 115 Å². The van der Waals surface area contributed by atoms with Gasteiger partial charge in [0.25, 0.3) is 5.56 Å². The van der Waals surface area contributed by atoms with Crippen molar-refractivity contribution in [2.24, 2.45) is 0 Å². The minimum Gasteiger partial charge on any atom is -0.296 e. The molecule has 0 radical (unpaired) electrons. The summed E-state index contributed by atoms with van der Waals surface area (Å²) < 4.78 is 9.90. The van der Waals surface area contributed by atoms with E-state index >= 15 is 0 Å². The summed E-state index contributed by atoms with van der Waals surface area (Å²) in [5.41, 5.74) is 7.57. The highest BCUT2D eigenvalue weighted by molar-refractivity contribution is 5.77. The number of para-hydroxylation sites is 4. The molecule has 0 saturated heterocycles. The summed E-state index contributed by atoms with van der Waals surface area (Å²) in [5.74, 6) is 0. The van der Waals surface area contributed by atoms with Gasteiger partial charge in [-0.1, -0.05) is 97.1 Å². The van der Waals surface area contributed by atoms with Crippen LogP contribution in [0.15, 0.2) is 153 Å². The molecule has 1 aliphatic rings. The van der Waals surface area contributed by atoms with Gasteiger partial charge in [-0.05, 0) is 57.6 Å². The molecule has 256 valence electrons. The van der Waals surface area contributed by atoms with Crippen molar-refractivity contribution < 1.29 is 0 Å². The maximum Gasteiger partial charge on any atom is 0.331 e. The third-order valence-corrected chi connectivity index (χ3v) is 10.0. The van der Waals surface area contributed by atoms with Crippen molar-refractivity contribution in [1.82, 2.24) is 27.4 Å². The second-order valence-corrected chi connectivity index (χ2v) is 13.5. The van der Waals surface area contributed by atoms with Gasteiger partial charge in [-0.2, -0.15) is 0 Å². The summed E-state index contributed by atoms with van der Waals surface area (Å²) in [4.78, 5) is 55.0. The molecule has 52 heavy (non-hydrogen) atoms. The summed E-state index contributed by atoms with van der Waals surface area (Å²) in [6.45, 7) is 1.73. The summed E-state index contributed by atoms with van der Waals surface area (Å²) in [6, 6.07) is 40.6. The van der Waals surface area contributed by atoms with Crippen molar-refractivity contribution >= 4 is 22.1 Å². The van der Waals surface area contributed by atoms with Crippen LogP contribution in [0.1, 0.15) is 33.4 Å². The fourth-order valence-electron chi connectivity index (χ4n) is 7.57. The van der Waals surface area contributed by atoms with E-state index in [0.29, 0.717) is 26.2 Å². The molecule has 0 spiro atoms. The third-order valence-electron chi connectivity index (χ3n) is 10.0. The molecule has 0 atom stereocenters. The van der Waals surface area contributed by atoms with E-state index in [1.54, 1.807) is 18.3 Å². The van der Waals surface area contributed by atoms with Crippen LogP contribution < -0.4 is 22.6 Å². The second-order valence-electron chi connectivity index (χ2n) is 13.5. The molecule has 0 fully saturated rings. The van der Waals surface area contributed by atoms with E-state index in [4.69, 9.17) is 0 Å². The van der Waals surface area contributed by atoms with E-state index < -0.39 is 5.69 Å². The number of imidazole rings is 2. The monoisotopic (exact) mass is 686 g/mol. The van der Waals surface area contributed by atoms with Crippen molar-refractivity contribution in [1.29, 1.82) is 0 Å². The summed E-state index contributed by atoms with van der Waals surface area (Å²) in [6.07, 6.45) is 1.53. The van der Waals surface area contributed by atoms with Gasteiger partial charge in [0.05, 0.1) is 61.3 Å². The van der Waals surface area contributed by atoms with Crippen molar-refractivity contribution in [3.8, 4) is 0 Å². The fraction of sp³-hybridized carbons (Fsp3) is 0.143. The molecule has 0 aliphatic carbocycles. The summed E-state index contributed by atoms with van der Waals surface area (Å²) in [7, 11) is 0. The van der Waals surface area contributed by atoms with E-state index in [9.17, 15) is 19.2 Å². The molecule has 4 heterocycles. The minimum atomic E-state index is -0.417. The first-order chi connectivity index (χ1) is 25.4. The first kappa shape index (κ1) is 31.3. The largest absolute Gasteiger partial charge is 0.331 e. The molecule has 10 nitrogen and oxygen atoms in total. The SMILES string of the molecule is O=c1ccn2c(=O)n1Cc1cccc(c1)Cn1c(=O)n(c3ccccc31)Cc1cccc(c1)Cn1c(=O)n(c3ccccc31)Cc1cccc(c1)C2. The molecule has 12 bridgehead atoms. The number of nitrogens with zero attached hydrogens (tertiary/aromatic N) is 6. The van der Waals surface area contributed by atoms with Gasteiger partial charge in [-0.15, -0.1) is 0 Å². The quantitative estimate of drug-likeness (QED) is 0.228. The molecular weight excluding hydrogens is 652 g/mol. The average Bonchev–Trinajstić information content (AvgIpc) is 3.56. The lowest BCUT2D eigenvalue weighted by molar-refractivity contribution is 0.611. The standard InChI is InChI=1S/C42H34N6O4/c49-39-18-19-43-23-29-8-5-9-30(20-29)24-44-35-14-1-2-15-36(35)45(41(44)51)25-31-10-6-11-32(21-31)26-46-37-16-3-4-17-38(37)47(42(46)52)27-33-12-7-13-34(22-33)28-48(39)40(43)50/h1-22H,23-28H2. The molecule has 8 aromatic rings. The normalized spacial score (nSPS) is 13.2. The van der Waals surface area contributed by atoms with Crippen LogP contribution in [-0.4, -0.2) is 27.4 Å². The molecule has 0 saturated carbocycles. The third kappa shape index (κ3) is 5.54. The number of benzene rings is 5. The van der Waals surface area contributed by atoms with Gasteiger partial charge in [0.2, 0.25) is 0 Å². The lowest BCUT2D eigenvalue weighted by atomic mass is 10.1. The lowest BCUT2D eigenvalue weighted by Gasteiger charge is -2.12. The Kier molecular flexibility index (Phi) is 7.57. The highest BCUT2D eigenvalue weighted by Gasteiger charge is 2.17. The van der Waals surface area contributed by atoms with Crippen LogP contribution in [0.2, 0.25) is 0 Å². The maximum atomic E-state index is 14.1. The Morgan fingerprint density at radius 3 is 1.02 bits per heavy atom. The van der Waals surface area contributed by atoms with Gasteiger partial charge >= 0.3 is 17.1 Å². The number of rotatable bonds is 0. The summed E-state index contributed by atoms with van der Waals surface area (Å²) in [5, 5.41) is 0. The molecule has 1 aliphatic heterocycles. The predicted molar refractivity (Wildman–Crippen MR) is 201 cm³/mol. The molecular formula is C42H34N6O4. The zero-order valence-electron chi connectivity index (χ0n) is 28.3. The van der Waals surface area contributed by atoms with Crippen molar-refractivity contribution in [3.63, 3.8) is 0 Å². The average molecular weight is 687 g/mol. The molecule has 0 unspecified atom stereocenters. The van der Waals surface area contributed by atoms with Crippen LogP contribution in [0.4, 0.5) is 0 Å². The molecule has 0 N–H and O–H groups in total. The van der Waals surface area contributed by atoms with Gasteiger partial charge in [-0.3, -0.25) is 32.2 Å². The predicted octanol–water partition coefficient (Wildman–Crippen LogP) is 4.85. The van der Waals surface area contributed by atoms with Crippen LogP contribution in [0.3, 0.4) is 0 Å². The van der Waals surface area contributed by atoms with Gasteiger partial charge in [0, 0.05) is 12.3 Å². The molecule has 10 heteroatoms. The van der Waals surface area contributed by atoms with Gasteiger partial charge in [-0.25, -0.2) is 14.4 Å². The van der Waals surface area contributed by atoms with Crippen molar-refractivity contribution in [2.75, 3.05) is 0 Å². The molecule has 9 rings (SSSR count). The second kappa shape index (κ2) is 12.6. The lowest BCUT2D eigenvalue weighted by Crippen LogP contribution is -2.39. The topological polar surface area (TPSA) is 97.9 Å². The van der Waals surface area contributed by atoms with Gasteiger partial charge < -0.3 is 0 Å². The van der Waals surface area contributed by atoms with E-state index in [2.05, 4.69) is 6.07 Å². The maximum absolute atomic E-state index is 14.1. The van der Waals surface area contributed by atoms with Crippen molar-refractivity contribution in [3.05, 3.63) is 209 Å². The van der Waals surface area contributed by atoms with Crippen molar-refractivity contribution in [2.45, 2.75) is 39.3 Å². The Labute approximate surface area is 296 Å². The first-order valence-corrected chi connectivity index (χ1v) is 17.3. The highest BCUT2D eigenvalue weighted by atomic mass is 16.2. The number of hydrogen-bond acceptors (Lipinski definition) is 4. The van der Waals surface area contributed by atoms with Gasteiger partial charge in [0.15, 0.2) is 0 Å². The zero-order chi connectivity index (χ0) is 35.3. The van der Waals surface area contributed by atoms with E-state index in [-0.39, 0.29) is 30.0 Å². The smallest absolute Gasteiger partial charge is 0.296 e. The minimum absolute atomic E-state index is 0.0896. The van der Waals surface area contributed by atoms with Crippen LogP contribution in [0.5, 0.6) is 0 Å². The molecule has 0 amide bonds. The van der Waals surface area contributed by atoms with Crippen LogP contribution in [0.25, 0.3) is 22.1 Å². The van der Waals surface area contributed by atoms with Crippen LogP contribution in [-0.2, 0) is 39.3 Å². The Hall–Kier alpha value is -6.68.